The summed E-state index contributed by atoms with van der Waals surface area (Å²) in [5, 5.41) is 8.90. The molecule has 1 fully saturated rings. The Morgan fingerprint density at radius 1 is 1.21 bits per heavy atom. The lowest BCUT2D eigenvalue weighted by atomic mass is 9.93. The molecule has 0 aliphatic carbocycles. The molecule has 0 saturated carbocycles. The number of aryl methyl sites for hydroxylation is 1. The van der Waals surface area contributed by atoms with E-state index >= 15 is 0 Å². The van der Waals surface area contributed by atoms with Gasteiger partial charge in [-0.05, 0) is 43.7 Å². The number of benzene rings is 1. The van der Waals surface area contributed by atoms with E-state index in [4.69, 9.17) is 5.11 Å². The fourth-order valence-electron chi connectivity index (χ4n) is 3.65. The van der Waals surface area contributed by atoms with E-state index in [9.17, 15) is 13.6 Å². The van der Waals surface area contributed by atoms with E-state index in [1.165, 1.54) is 18.3 Å². The summed E-state index contributed by atoms with van der Waals surface area (Å²) in [6, 6.07) is 2.60. The minimum absolute atomic E-state index is 0.0485. The van der Waals surface area contributed by atoms with Crippen molar-refractivity contribution in [1.82, 2.24) is 9.97 Å². The molecule has 2 aromatic rings. The van der Waals surface area contributed by atoms with Crippen LogP contribution in [0.2, 0.25) is 0 Å². The topological polar surface area (TPSA) is 66.3 Å². The Morgan fingerprint density at radius 2 is 1.89 bits per heavy atom. The van der Waals surface area contributed by atoms with Gasteiger partial charge in [0.2, 0.25) is 0 Å². The van der Waals surface area contributed by atoms with Gasteiger partial charge in [-0.3, -0.25) is 9.78 Å². The van der Waals surface area contributed by atoms with Crippen LogP contribution >= 0.6 is 0 Å². The van der Waals surface area contributed by atoms with Crippen LogP contribution in [0.5, 0.6) is 0 Å². The Balaban J connectivity index is 1.78. The minimum Gasteiger partial charge on any atom is -0.481 e. The van der Waals surface area contributed by atoms with Crippen LogP contribution in [0, 0.1) is 17.6 Å². The van der Waals surface area contributed by atoms with Gasteiger partial charge in [-0.2, -0.15) is 0 Å². The molecule has 7 heteroatoms. The number of rotatable bonds is 7. The number of halogens is 2. The van der Waals surface area contributed by atoms with Crippen LogP contribution in [-0.4, -0.2) is 34.1 Å². The highest BCUT2D eigenvalue weighted by atomic mass is 19.1. The Bertz CT molecular complexity index is 813. The van der Waals surface area contributed by atoms with E-state index < -0.39 is 17.6 Å². The predicted molar refractivity (Wildman–Crippen MR) is 103 cm³/mol. The maximum absolute atomic E-state index is 14.8. The van der Waals surface area contributed by atoms with Crippen molar-refractivity contribution < 1.29 is 18.7 Å². The Hall–Kier alpha value is -2.57. The molecule has 0 radical (unpaired) electrons. The molecule has 2 heterocycles. The quantitative estimate of drug-likeness (QED) is 0.758. The first kappa shape index (κ1) is 20.2. The highest BCUT2D eigenvalue weighted by Gasteiger charge is 2.25. The summed E-state index contributed by atoms with van der Waals surface area (Å²) in [6.07, 6.45) is 7.32. The summed E-state index contributed by atoms with van der Waals surface area (Å²) in [5.41, 5.74) is 1.58. The number of hydrogen-bond acceptors (Lipinski definition) is 4. The molecule has 1 aliphatic rings. The highest BCUT2D eigenvalue weighted by molar-refractivity contribution is 5.67. The average molecular weight is 389 g/mol. The number of nitrogens with zero attached hydrogens (tertiary/aromatic N) is 3. The Morgan fingerprint density at radius 3 is 2.50 bits per heavy atom. The molecule has 3 rings (SSSR count). The van der Waals surface area contributed by atoms with Gasteiger partial charge in [-0.15, -0.1) is 0 Å². The molecule has 150 valence electrons. The van der Waals surface area contributed by atoms with Crippen molar-refractivity contribution in [2.24, 2.45) is 5.92 Å². The number of carboxylic acids is 1. The fourth-order valence-corrected chi connectivity index (χ4v) is 3.65. The number of anilines is 1. The molecular weight excluding hydrogens is 364 g/mol. The van der Waals surface area contributed by atoms with E-state index in [0.29, 0.717) is 37.2 Å². The zero-order chi connectivity index (χ0) is 20.1. The molecule has 5 nitrogen and oxygen atoms in total. The van der Waals surface area contributed by atoms with Crippen molar-refractivity contribution in [2.75, 3.05) is 18.0 Å². The number of piperidine rings is 1. The van der Waals surface area contributed by atoms with E-state index in [0.717, 1.165) is 25.0 Å². The van der Waals surface area contributed by atoms with Gasteiger partial charge in [0.15, 0.2) is 0 Å². The number of unbranched alkanes of at least 4 members (excludes halogenated alkanes) is 1. The van der Waals surface area contributed by atoms with Crippen LogP contribution in [0.15, 0.2) is 24.5 Å². The summed E-state index contributed by atoms with van der Waals surface area (Å²) < 4.78 is 29.5. The molecule has 1 N–H and O–H groups in total. The molecule has 0 amide bonds. The van der Waals surface area contributed by atoms with Crippen molar-refractivity contribution in [2.45, 2.75) is 45.4 Å². The molecule has 28 heavy (non-hydrogen) atoms. The predicted octanol–water partition coefficient (Wildman–Crippen LogP) is 4.46. The van der Waals surface area contributed by atoms with Gasteiger partial charge >= 0.3 is 5.97 Å². The monoisotopic (exact) mass is 389 g/mol. The normalized spacial score (nSPS) is 15.0. The molecule has 1 saturated heterocycles. The summed E-state index contributed by atoms with van der Waals surface area (Å²) in [6.45, 7) is 2.97. The molecule has 1 aliphatic heterocycles. The van der Waals surface area contributed by atoms with Crippen LogP contribution in [0.25, 0.3) is 11.3 Å². The molecule has 1 aromatic heterocycles. The Labute approximate surface area is 163 Å². The van der Waals surface area contributed by atoms with Gasteiger partial charge in [-0.25, -0.2) is 13.8 Å². The van der Waals surface area contributed by atoms with E-state index in [2.05, 4.69) is 16.9 Å². The summed E-state index contributed by atoms with van der Waals surface area (Å²) in [5.74, 6) is -2.04. The van der Waals surface area contributed by atoms with Crippen LogP contribution in [-0.2, 0) is 11.2 Å². The van der Waals surface area contributed by atoms with Crippen molar-refractivity contribution in [1.29, 1.82) is 0 Å². The van der Waals surface area contributed by atoms with E-state index in [1.807, 2.05) is 0 Å². The van der Waals surface area contributed by atoms with Crippen LogP contribution in [0.3, 0.4) is 0 Å². The Kier molecular flexibility index (Phi) is 6.54. The summed E-state index contributed by atoms with van der Waals surface area (Å²) in [7, 11) is 0. The number of carbonyl (C=O) groups is 1. The first-order valence-electron chi connectivity index (χ1n) is 9.75. The standard InChI is InChI=1S/C21H25F2N3O2/c1-2-3-4-16-12-24-13-19(25-16)15-10-17(22)21(18(23)11-15)26-7-5-14(6-8-26)9-20(27)28/h10-14H,2-9H2,1H3,(H,27,28). The van der Waals surface area contributed by atoms with E-state index in [1.54, 1.807) is 11.1 Å². The molecule has 0 unspecified atom stereocenters. The number of aliphatic carboxylic acids is 1. The lowest BCUT2D eigenvalue weighted by Gasteiger charge is -2.33. The van der Waals surface area contributed by atoms with Crippen molar-refractivity contribution in [3.63, 3.8) is 0 Å². The second kappa shape index (κ2) is 9.08. The highest BCUT2D eigenvalue weighted by Crippen LogP contribution is 2.32. The van der Waals surface area contributed by atoms with Crippen LogP contribution in [0.4, 0.5) is 14.5 Å². The largest absolute Gasteiger partial charge is 0.481 e. The molecule has 1 aromatic carbocycles. The third kappa shape index (κ3) is 4.82. The third-order valence-electron chi connectivity index (χ3n) is 5.18. The maximum atomic E-state index is 14.8. The smallest absolute Gasteiger partial charge is 0.303 e. The molecule has 0 bridgehead atoms. The number of aromatic nitrogens is 2. The van der Waals surface area contributed by atoms with Gasteiger partial charge in [0.05, 0.1) is 17.6 Å². The molecule has 0 atom stereocenters. The number of carboxylic acid groups (broad SMARTS) is 1. The minimum atomic E-state index is -0.831. The molecular formula is C21H25F2N3O2. The second-order valence-corrected chi connectivity index (χ2v) is 7.32. The van der Waals surface area contributed by atoms with Gasteiger partial charge in [-0.1, -0.05) is 13.3 Å². The third-order valence-corrected chi connectivity index (χ3v) is 5.18. The van der Waals surface area contributed by atoms with Crippen molar-refractivity contribution in [3.8, 4) is 11.3 Å². The second-order valence-electron chi connectivity index (χ2n) is 7.32. The number of hydrogen-bond donors (Lipinski definition) is 1. The fraction of sp³-hybridized carbons (Fsp3) is 0.476. The zero-order valence-corrected chi connectivity index (χ0v) is 16.0. The maximum Gasteiger partial charge on any atom is 0.303 e. The SMILES string of the molecule is CCCCc1cncc(-c2cc(F)c(N3CCC(CC(=O)O)CC3)c(F)c2)n1. The lowest BCUT2D eigenvalue weighted by Crippen LogP contribution is -2.35. The van der Waals surface area contributed by atoms with Gasteiger partial charge in [0.1, 0.15) is 17.3 Å². The van der Waals surface area contributed by atoms with Crippen molar-refractivity contribution in [3.05, 3.63) is 41.9 Å². The van der Waals surface area contributed by atoms with Gasteiger partial charge in [0, 0.05) is 31.3 Å². The van der Waals surface area contributed by atoms with Gasteiger partial charge in [0.25, 0.3) is 0 Å². The zero-order valence-electron chi connectivity index (χ0n) is 16.0. The first-order valence-corrected chi connectivity index (χ1v) is 9.75. The van der Waals surface area contributed by atoms with Gasteiger partial charge < -0.3 is 10.0 Å². The average Bonchev–Trinajstić information content (AvgIpc) is 2.67. The summed E-state index contributed by atoms with van der Waals surface area (Å²) >= 11 is 0. The summed E-state index contributed by atoms with van der Waals surface area (Å²) in [4.78, 5) is 21.1. The first-order chi connectivity index (χ1) is 13.5. The van der Waals surface area contributed by atoms with E-state index in [-0.39, 0.29) is 18.0 Å². The lowest BCUT2D eigenvalue weighted by molar-refractivity contribution is -0.138. The molecule has 0 spiro atoms. The van der Waals surface area contributed by atoms with Crippen LogP contribution < -0.4 is 4.90 Å². The van der Waals surface area contributed by atoms with Crippen molar-refractivity contribution >= 4 is 11.7 Å². The van der Waals surface area contributed by atoms with Crippen LogP contribution in [0.1, 0.15) is 44.7 Å².